The SMILES string of the molecule is O=C(CCC(=O)Nc1ccc(Br)cc1)NN=CC=Cc1ccccc1. The van der Waals surface area contributed by atoms with E-state index in [2.05, 4.69) is 31.8 Å². The van der Waals surface area contributed by atoms with E-state index < -0.39 is 0 Å². The predicted octanol–water partition coefficient (Wildman–Crippen LogP) is 3.98. The Balaban J connectivity index is 1.66. The fourth-order valence-corrected chi connectivity index (χ4v) is 2.17. The largest absolute Gasteiger partial charge is 0.326 e. The van der Waals surface area contributed by atoms with E-state index >= 15 is 0 Å². The number of halogens is 1. The Morgan fingerprint density at radius 2 is 1.64 bits per heavy atom. The molecule has 0 saturated heterocycles. The fourth-order valence-electron chi connectivity index (χ4n) is 1.91. The van der Waals surface area contributed by atoms with Crippen molar-refractivity contribution in [2.24, 2.45) is 5.10 Å². The molecule has 0 unspecified atom stereocenters. The molecule has 2 rings (SSSR count). The maximum absolute atomic E-state index is 11.8. The van der Waals surface area contributed by atoms with Gasteiger partial charge in [0.25, 0.3) is 0 Å². The number of carbonyl (C=O) groups is 2. The monoisotopic (exact) mass is 399 g/mol. The molecule has 2 N–H and O–H groups in total. The second kappa shape index (κ2) is 10.2. The molecule has 2 amide bonds. The molecule has 0 fully saturated rings. The number of hydrogen-bond acceptors (Lipinski definition) is 3. The number of nitrogens with zero attached hydrogens (tertiary/aromatic N) is 1. The minimum atomic E-state index is -0.310. The molecule has 0 aliphatic rings. The first-order valence-corrected chi connectivity index (χ1v) is 8.52. The van der Waals surface area contributed by atoms with Crippen molar-refractivity contribution in [1.29, 1.82) is 0 Å². The Bertz CT molecular complexity index is 756. The van der Waals surface area contributed by atoms with Crippen LogP contribution >= 0.6 is 15.9 Å². The van der Waals surface area contributed by atoms with Gasteiger partial charge in [0.2, 0.25) is 11.8 Å². The van der Waals surface area contributed by atoms with Gasteiger partial charge in [-0.3, -0.25) is 9.59 Å². The first-order valence-electron chi connectivity index (χ1n) is 7.72. The third-order valence-corrected chi connectivity index (χ3v) is 3.67. The van der Waals surface area contributed by atoms with Crippen LogP contribution in [0.5, 0.6) is 0 Å². The molecular formula is C19H18BrN3O2. The van der Waals surface area contributed by atoms with E-state index in [9.17, 15) is 9.59 Å². The van der Waals surface area contributed by atoms with Crippen LogP contribution in [-0.4, -0.2) is 18.0 Å². The zero-order valence-electron chi connectivity index (χ0n) is 13.5. The lowest BCUT2D eigenvalue weighted by Crippen LogP contribution is -2.20. The van der Waals surface area contributed by atoms with E-state index in [1.807, 2.05) is 48.5 Å². The zero-order chi connectivity index (χ0) is 17.9. The molecule has 0 radical (unpaired) electrons. The Hall–Kier alpha value is -2.73. The molecule has 0 heterocycles. The maximum atomic E-state index is 11.8. The summed E-state index contributed by atoms with van der Waals surface area (Å²) in [5.74, 6) is -0.527. The molecule has 6 heteroatoms. The van der Waals surface area contributed by atoms with E-state index in [4.69, 9.17) is 0 Å². The lowest BCUT2D eigenvalue weighted by molar-refractivity contribution is -0.124. The Morgan fingerprint density at radius 1 is 0.960 bits per heavy atom. The van der Waals surface area contributed by atoms with Crippen LogP contribution in [0.15, 0.2) is 70.2 Å². The third kappa shape index (κ3) is 7.58. The van der Waals surface area contributed by atoms with Gasteiger partial charge in [0.05, 0.1) is 0 Å². The van der Waals surface area contributed by atoms with Crippen LogP contribution in [0.3, 0.4) is 0 Å². The van der Waals surface area contributed by atoms with Crippen molar-refractivity contribution in [2.75, 3.05) is 5.32 Å². The number of benzene rings is 2. The van der Waals surface area contributed by atoms with Crippen LogP contribution in [0.25, 0.3) is 6.08 Å². The maximum Gasteiger partial charge on any atom is 0.240 e. The van der Waals surface area contributed by atoms with Gasteiger partial charge in [0.1, 0.15) is 0 Å². The molecule has 0 spiro atoms. The molecule has 128 valence electrons. The number of rotatable bonds is 7. The molecular weight excluding hydrogens is 382 g/mol. The highest BCUT2D eigenvalue weighted by Gasteiger charge is 2.06. The van der Waals surface area contributed by atoms with Crippen molar-refractivity contribution in [3.8, 4) is 0 Å². The predicted molar refractivity (Wildman–Crippen MR) is 104 cm³/mol. The number of carbonyl (C=O) groups excluding carboxylic acids is 2. The van der Waals surface area contributed by atoms with Crippen LogP contribution < -0.4 is 10.7 Å². The first kappa shape index (κ1) is 18.6. The molecule has 0 aliphatic heterocycles. The number of anilines is 1. The second-order valence-corrected chi connectivity index (χ2v) is 6.05. The van der Waals surface area contributed by atoms with Crippen LogP contribution in [0.4, 0.5) is 5.69 Å². The van der Waals surface area contributed by atoms with Gasteiger partial charge in [0.15, 0.2) is 0 Å². The van der Waals surface area contributed by atoms with E-state index in [1.165, 1.54) is 6.21 Å². The summed E-state index contributed by atoms with van der Waals surface area (Å²) in [5, 5.41) is 6.54. The Labute approximate surface area is 155 Å². The lowest BCUT2D eigenvalue weighted by Gasteiger charge is -2.04. The van der Waals surface area contributed by atoms with E-state index in [0.29, 0.717) is 5.69 Å². The van der Waals surface area contributed by atoms with Gasteiger partial charge in [-0.25, -0.2) is 5.43 Å². The zero-order valence-corrected chi connectivity index (χ0v) is 15.1. The molecule has 0 saturated carbocycles. The molecule has 0 bridgehead atoms. The van der Waals surface area contributed by atoms with Crippen LogP contribution in [0.1, 0.15) is 18.4 Å². The lowest BCUT2D eigenvalue weighted by atomic mass is 10.2. The van der Waals surface area contributed by atoms with Crippen molar-refractivity contribution in [1.82, 2.24) is 5.43 Å². The molecule has 0 atom stereocenters. The van der Waals surface area contributed by atoms with Gasteiger partial charge in [0, 0.05) is 29.2 Å². The van der Waals surface area contributed by atoms with Crippen molar-refractivity contribution in [3.05, 3.63) is 70.7 Å². The molecule has 0 aromatic heterocycles. The minimum absolute atomic E-state index is 0.0715. The van der Waals surface area contributed by atoms with Crippen LogP contribution in [0.2, 0.25) is 0 Å². The number of hydrogen-bond donors (Lipinski definition) is 2. The average molecular weight is 400 g/mol. The van der Waals surface area contributed by atoms with Gasteiger partial charge in [-0.2, -0.15) is 5.10 Å². The number of nitrogens with one attached hydrogen (secondary N) is 2. The summed E-state index contributed by atoms with van der Waals surface area (Å²) in [6.07, 6.45) is 5.27. The standard InChI is InChI=1S/C19H18BrN3O2/c20-16-8-10-17(11-9-16)22-18(24)12-13-19(25)23-21-14-4-7-15-5-2-1-3-6-15/h1-11,14H,12-13H2,(H,22,24)(H,23,25). The van der Waals surface area contributed by atoms with Crippen LogP contribution in [0, 0.1) is 0 Å². The number of allylic oxidation sites excluding steroid dienone is 1. The van der Waals surface area contributed by atoms with Crippen LogP contribution in [-0.2, 0) is 9.59 Å². The van der Waals surface area contributed by atoms with Crippen molar-refractivity contribution < 1.29 is 9.59 Å². The minimum Gasteiger partial charge on any atom is -0.326 e. The van der Waals surface area contributed by atoms with Gasteiger partial charge in [-0.15, -0.1) is 0 Å². The summed E-state index contributed by atoms with van der Waals surface area (Å²) < 4.78 is 0.934. The summed E-state index contributed by atoms with van der Waals surface area (Å²) >= 11 is 3.33. The highest BCUT2D eigenvalue weighted by atomic mass is 79.9. The highest BCUT2D eigenvalue weighted by Crippen LogP contribution is 2.14. The number of hydrazone groups is 1. The number of amides is 2. The molecule has 2 aromatic rings. The molecule has 0 aliphatic carbocycles. The summed E-state index contributed by atoms with van der Waals surface area (Å²) in [6, 6.07) is 17.0. The Morgan fingerprint density at radius 3 is 2.36 bits per heavy atom. The average Bonchev–Trinajstić information content (AvgIpc) is 2.62. The quantitative estimate of drug-likeness (QED) is 0.545. The summed E-state index contributed by atoms with van der Waals surface area (Å²) in [4.78, 5) is 23.4. The van der Waals surface area contributed by atoms with Gasteiger partial charge in [-0.1, -0.05) is 52.3 Å². The molecule has 5 nitrogen and oxygen atoms in total. The van der Waals surface area contributed by atoms with Gasteiger partial charge >= 0.3 is 0 Å². The Kier molecular flexibility index (Phi) is 7.59. The van der Waals surface area contributed by atoms with Crippen molar-refractivity contribution in [3.63, 3.8) is 0 Å². The van der Waals surface area contributed by atoms with Crippen molar-refractivity contribution >= 4 is 45.7 Å². The van der Waals surface area contributed by atoms with E-state index in [0.717, 1.165) is 10.0 Å². The summed E-state index contributed by atoms with van der Waals surface area (Å²) in [7, 11) is 0. The van der Waals surface area contributed by atoms with E-state index in [1.54, 1.807) is 18.2 Å². The third-order valence-electron chi connectivity index (χ3n) is 3.15. The van der Waals surface area contributed by atoms with Gasteiger partial charge < -0.3 is 5.32 Å². The second-order valence-electron chi connectivity index (χ2n) is 5.14. The van der Waals surface area contributed by atoms with Gasteiger partial charge in [-0.05, 0) is 35.9 Å². The molecule has 25 heavy (non-hydrogen) atoms. The summed E-state index contributed by atoms with van der Waals surface area (Å²) in [5.41, 5.74) is 4.13. The van der Waals surface area contributed by atoms with E-state index in [-0.39, 0.29) is 24.7 Å². The first-order chi connectivity index (χ1) is 12.1. The highest BCUT2D eigenvalue weighted by molar-refractivity contribution is 9.10. The van der Waals surface area contributed by atoms with Crippen molar-refractivity contribution in [2.45, 2.75) is 12.8 Å². The smallest absolute Gasteiger partial charge is 0.240 e. The fraction of sp³-hybridized carbons (Fsp3) is 0.105. The topological polar surface area (TPSA) is 70.6 Å². The normalized spacial score (nSPS) is 10.9. The molecule has 2 aromatic carbocycles. The summed E-state index contributed by atoms with van der Waals surface area (Å²) in [6.45, 7) is 0.